The summed E-state index contributed by atoms with van der Waals surface area (Å²) in [7, 11) is 0. The van der Waals surface area contributed by atoms with Gasteiger partial charge >= 0.3 is 29.7 Å². The number of aromatic nitrogens is 8. The number of anilines is 1. The van der Waals surface area contributed by atoms with Gasteiger partial charge in [-0.15, -0.1) is 10.2 Å². The molecule has 22 nitrogen and oxygen atoms in total. The number of hydrogen-bond donors (Lipinski definition) is 1. The van der Waals surface area contributed by atoms with E-state index >= 15 is 0 Å². The van der Waals surface area contributed by atoms with E-state index in [4.69, 9.17) is 34.2 Å². The van der Waals surface area contributed by atoms with Gasteiger partial charge in [0.2, 0.25) is 0 Å². The van der Waals surface area contributed by atoms with Crippen molar-refractivity contribution in [3.63, 3.8) is 0 Å². The minimum atomic E-state index is -1.63. The molecule has 0 bridgehead atoms. The molecule has 0 aliphatic carbocycles. The third-order valence-corrected chi connectivity index (χ3v) is 14.4. The Labute approximate surface area is 446 Å². The second-order valence-electron chi connectivity index (χ2n) is 17.5. The normalized spacial score (nSPS) is 22.8. The van der Waals surface area contributed by atoms with E-state index in [-0.39, 0.29) is 41.5 Å². The summed E-state index contributed by atoms with van der Waals surface area (Å²) in [6.45, 7) is 7.89. The number of halogens is 6. The van der Waals surface area contributed by atoms with Crippen LogP contribution in [0.2, 0.25) is 0 Å². The lowest BCUT2D eigenvalue weighted by Gasteiger charge is -2.44. The molecule has 30 heteroatoms. The van der Waals surface area contributed by atoms with Gasteiger partial charge in [-0.25, -0.2) is 40.7 Å². The lowest BCUT2D eigenvalue weighted by atomic mass is 9.90. The topological polar surface area (TPSA) is 280 Å². The highest BCUT2D eigenvalue weighted by Crippen LogP contribution is 2.45. The summed E-state index contributed by atoms with van der Waals surface area (Å²) in [6.07, 6.45) is 1.63. The van der Waals surface area contributed by atoms with Gasteiger partial charge in [-0.3, -0.25) is 19.2 Å². The van der Waals surface area contributed by atoms with Gasteiger partial charge in [0.05, 0.1) is 24.5 Å². The quantitative estimate of drug-likeness (QED) is 0.0262. The van der Waals surface area contributed by atoms with Crippen LogP contribution in [0.1, 0.15) is 53.6 Å². The van der Waals surface area contributed by atoms with E-state index < -0.39 is 123 Å². The maximum atomic E-state index is 13.9. The van der Waals surface area contributed by atoms with E-state index in [0.29, 0.717) is 10.7 Å². The van der Waals surface area contributed by atoms with Gasteiger partial charge in [-0.05, 0) is 52.4 Å². The highest BCUT2D eigenvalue weighted by Gasteiger charge is 2.50. The third kappa shape index (κ3) is 14.1. The number of nitro groups is 1. The van der Waals surface area contributed by atoms with Crippen LogP contribution in [0, 0.1) is 56.9 Å². The second-order valence-corrected chi connectivity index (χ2v) is 19.8. The Morgan fingerprint density at radius 1 is 0.641 bits per heavy atom. The van der Waals surface area contributed by atoms with Crippen molar-refractivity contribution in [2.75, 3.05) is 18.9 Å². The van der Waals surface area contributed by atoms with Gasteiger partial charge < -0.3 is 44.3 Å². The van der Waals surface area contributed by atoms with Gasteiger partial charge in [0, 0.05) is 72.7 Å². The van der Waals surface area contributed by atoms with Crippen molar-refractivity contribution < 1.29 is 78.9 Å². The van der Waals surface area contributed by atoms with E-state index in [0.717, 1.165) is 40.9 Å². The number of rotatable bonds is 15. The van der Waals surface area contributed by atoms with Crippen molar-refractivity contribution >= 4 is 59.0 Å². The number of ether oxygens (including phenoxy) is 6. The number of nitrogen functional groups attached to an aromatic ring is 1. The summed E-state index contributed by atoms with van der Waals surface area (Å²) in [4.78, 5) is 66.7. The first kappa shape index (κ1) is 58.0. The van der Waals surface area contributed by atoms with Crippen molar-refractivity contribution in [3.05, 3.63) is 118 Å². The Bertz CT molecular complexity index is 3150. The number of carbonyl (C=O) groups is 4. The predicted molar refractivity (Wildman–Crippen MR) is 260 cm³/mol. The molecule has 10 atom stereocenters. The first-order valence-corrected chi connectivity index (χ1v) is 24.9. The van der Waals surface area contributed by atoms with Gasteiger partial charge in [0.1, 0.15) is 59.7 Å². The Hall–Kier alpha value is -7.70. The van der Waals surface area contributed by atoms with Gasteiger partial charge in [-0.2, -0.15) is 0 Å². The van der Waals surface area contributed by atoms with Crippen LogP contribution in [0.5, 0.6) is 0 Å². The van der Waals surface area contributed by atoms with E-state index in [9.17, 15) is 55.6 Å². The Morgan fingerprint density at radius 3 is 1.41 bits per heavy atom. The minimum Gasteiger partial charge on any atom is -0.463 e. The first-order chi connectivity index (χ1) is 37.0. The molecule has 6 heterocycles. The molecule has 4 unspecified atom stereocenters. The molecule has 0 spiro atoms. The monoisotopic (exact) mass is 1130 g/mol. The number of nitrogens with zero attached hydrogens (tertiary/aromatic N) is 9. The average molecular weight is 1130 g/mol. The molecule has 8 rings (SSSR count). The molecule has 6 aromatic rings. The lowest BCUT2D eigenvalue weighted by molar-refractivity contribution is -0.389. The van der Waals surface area contributed by atoms with E-state index in [1.54, 1.807) is 31.3 Å². The van der Waals surface area contributed by atoms with Crippen LogP contribution < -0.4 is 5.73 Å². The van der Waals surface area contributed by atoms with Crippen LogP contribution in [-0.4, -0.2) is 117 Å². The molecule has 2 aliphatic heterocycles. The fraction of sp³-hybridized carbons (Fsp3) is 0.375. The van der Waals surface area contributed by atoms with Crippen LogP contribution in [0.25, 0.3) is 22.5 Å². The van der Waals surface area contributed by atoms with E-state index in [1.807, 2.05) is 6.92 Å². The van der Waals surface area contributed by atoms with Crippen LogP contribution in [0.15, 0.2) is 83.1 Å². The summed E-state index contributed by atoms with van der Waals surface area (Å²) in [5, 5.41) is 27.4. The Morgan fingerprint density at radius 2 is 1.04 bits per heavy atom. The SMILES string of the molecule is CC(=O)OCC1O[C@H](Sc2ccnc(N)c2)C(C)[C@@H](n2cc(-c3cc(F)c(F)c(F)c3)nn2)[C@H]1OC(C)=O.CC(=O)OCC1O[C@H](Sc2ccnc([N+](=O)[O-])c2)C(C)[C@@H](n2cc(-c3cc(F)c(F)c(F)c3)nn2)[C@H]1OC(C)=O. The van der Waals surface area contributed by atoms with Crippen LogP contribution in [-0.2, 0) is 47.6 Å². The van der Waals surface area contributed by atoms with Gasteiger partial charge in [0.25, 0.3) is 0 Å². The average Bonchev–Trinajstić information content (AvgIpc) is 4.07. The Kier molecular flexibility index (Phi) is 18.7. The maximum Gasteiger partial charge on any atom is 0.364 e. The lowest BCUT2D eigenvalue weighted by Crippen LogP contribution is -2.53. The summed E-state index contributed by atoms with van der Waals surface area (Å²) in [6, 6.07) is 7.85. The zero-order valence-corrected chi connectivity index (χ0v) is 43.3. The summed E-state index contributed by atoms with van der Waals surface area (Å²) < 4.78 is 119. The van der Waals surface area contributed by atoms with E-state index in [2.05, 4.69) is 30.6 Å². The number of nitrogens with two attached hydrogens (primary N) is 1. The number of thioether (sulfide) groups is 2. The molecule has 2 aliphatic rings. The Balaban J connectivity index is 0.000000226. The van der Waals surface area contributed by atoms with Crippen LogP contribution in [0.4, 0.5) is 38.0 Å². The zero-order chi connectivity index (χ0) is 56.7. The number of pyridine rings is 2. The summed E-state index contributed by atoms with van der Waals surface area (Å²) in [5.74, 6) is -12.2. The molecule has 2 fully saturated rings. The zero-order valence-electron chi connectivity index (χ0n) is 41.7. The van der Waals surface area contributed by atoms with Crippen LogP contribution in [0.3, 0.4) is 0 Å². The predicted octanol–water partition coefficient (Wildman–Crippen LogP) is 7.38. The summed E-state index contributed by atoms with van der Waals surface area (Å²) >= 11 is 2.45. The molecule has 4 aromatic heterocycles. The maximum absolute atomic E-state index is 13.9. The van der Waals surface area contributed by atoms with Gasteiger partial charge in [-0.1, -0.05) is 47.8 Å². The molecular formula is C48H46F6N10O12S2. The second kappa shape index (κ2) is 25.2. The highest BCUT2D eigenvalue weighted by atomic mass is 32.2. The summed E-state index contributed by atoms with van der Waals surface area (Å²) in [5.41, 5.74) is 4.44. The fourth-order valence-corrected chi connectivity index (χ4v) is 10.7. The number of esters is 4. The van der Waals surface area contributed by atoms with Crippen molar-refractivity contribution in [1.82, 2.24) is 40.0 Å². The standard InChI is InChI=1S/C24H22F3N5O7S.C24H24F3N5O5S/c1-11-22(31-9-18(29-30-31)14-6-16(25)21(27)17(26)7-14)23(38-13(3)34)19(10-37-12(2)33)39-24(11)40-15-4-5-28-20(8-15)32(35)36;1-11-22(32-9-18(30-31-32)14-6-16(25)21(27)17(26)7-14)23(36-13(3)34)19(10-35-12(2)33)37-24(11)38-15-4-5-29-20(28)8-15/h4-9,11,19,22-24H,10H2,1-3H3;4-9,11,19,22-24H,10H2,1-3H3,(H2,28,29)/t2*11?,19?,22-,23+,24-/m11/s1. The number of carbonyl (C=O) groups excluding carboxylic acids is 4. The molecule has 414 valence electrons. The molecule has 78 heavy (non-hydrogen) atoms. The smallest absolute Gasteiger partial charge is 0.364 e. The minimum absolute atomic E-state index is 0.00330. The number of hydrogen-bond acceptors (Lipinski definition) is 21. The molecule has 0 saturated carbocycles. The van der Waals surface area contributed by atoms with Crippen molar-refractivity contribution in [2.24, 2.45) is 11.8 Å². The van der Waals surface area contributed by atoms with Crippen molar-refractivity contribution in [2.45, 2.75) is 98.7 Å². The van der Waals surface area contributed by atoms with Crippen LogP contribution >= 0.6 is 23.5 Å². The molecule has 2 saturated heterocycles. The largest absolute Gasteiger partial charge is 0.463 e. The van der Waals surface area contributed by atoms with E-state index in [1.165, 1.54) is 73.5 Å². The fourth-order valence-electron chi connectivity index (χ4n) is 8.36. The molecule has 2 aromatic carbocycles. The number of benzene rings is 2. The van der Waals surface area contributed by atoms with Gasteiger partial charge in [0.15, 0.2) is 47.1 Å². The van der Waals surface area contributed by atoms with Crippen molar-refractivity contribution in [1.29, 1.82) is 0 Å². The van der Waals surface area contributed by atoms with Crippen molar-refractivity contribution in [3.8, 4) is 22.5 Å². The highest BCUT2D eigenvalue weighted by molar-refractivity contribution is 8.00. The molecule has 0 radical (unpaired) electrons. The first-order valence-electron chi connectivity index (χ1n) is 23.2. The third-order valence-electron chi connectivity index (χ3n) is 11.8. The molecule has 2 N–H and O–H groups in total. The molecular weight excluding hydrogens is 1090 g/mol. The molecule has 0 amide bonds.